The molecule has 2 aromatic rings. The standard InChI is InChI=1S/C14H13NO5/c16-12-8-19-6-5-15(12)7-10-9-3-1-2-4-11(9)20-13(10)14(17)18/h1-4H,5-8H2,(H,17,18). The number of amides is 1. The third-order valence-electron chi connectivity index (χ3n) is 3.33. The van der Waals surface area contributed by atoms with Gasteiger partial charge in [0.1, 0.15) is 12.2 Å². The maximum atomic E-state index is 11.8. The zero-order valence-electron chi connectivity index (χ0n) is 10.7. The average Bonchev–Trinajstić information content (AvgIpc) is 2.81. The first kappa shape index (κ1) is 12.7. The van der Waals surface area contributed by atoms with E-state index in [0.717, 1.165) is 5.39 Å². The zero-order valence-corrected chi connectivity index (χ0v) is 10.7. The van der Waals surface area contributed by atoms with Crippen LogP contribution in [0.3, 0.4) is 0 Å². The van der Waals surface area contributed by atoms with Gasteiger partial charge < -0.3 is 19.2 Å². The lowest BCUT2D eigenvalue weighted by atomic mass is 10.1. The molecule has 0 spiro atoms. The molecule has 1 aromatic heterocycles. The third kappa shape index (κ3) is 2.14. The molecule has 0 bridgehead atoms. The minimum absolute atomic E-state index is 0.0399. The van der Waals surface area contributed by atoms with Crippen LogP contribution in [-0.2, 0) is 16.1 Å². The van der Waals surface area contributed by atoms with Gasteiger partial charge in [-0.05, 0) is 6.07 Å². The van der Waals surface area contributed by atoms with Crippen molar-refractivity contribution in [2.24, 2.45) is 0 Å². The van der Waals surface area contributed by atoms with Crippen molar-refractivity contribution in [3.63, 3.8) is 0 Å². The molecule has 3 rings (SSSR count). The van der Waals surface area contributed by atoms with E-state index < -0.39 is 5.97 Å². The van der Waals surface area contributed by atoms with Crippen LogP contribution in [-0.4, -0.2) is 41.6 Å². The summed E-state index contributed by atoms with van der Waals surface area (Å²) in [6, 6.07) is 7.10. The van der Waals surface area contributed by atoms with Crippen LogP contribution < -0.4 is 0 Å². The number of fused-ring (bicyclic) bond motifs is 1. The largest absolute Gasteiger partial charge is 0.475 e. The Kier molecular flexibility index (Phi) is 3.15. The number of benzene rings is 1. The van der Waals surface area contributed by atoms with E-state index in [1.54, 1.807) is 23.1 Å². The van der Waals surface area contributed by atoms with Gasteiger partial charge in [-0.2, -0.15) is 0 Å². The highest BCUT2D eigenvalue weighted by Crippen LogP contribution is 2.27. The van der Waals surface area contributed by atoms with Crippen molar-refractivity contribution >= 4 is 22.8 Å². The SMILES string of the molecule is O=C(O)c1oc2ccccc2c1CN1CCOCC1=O. The normalized spacial score (nSPS) is 15.8. The topological polar surface area (TPSA) is 80.0 Å². The summed E-state index contributed by atoms with van der Waals surface area (Å²) < 4.78 is 10.4. The molecule has 6 heteroatoms. The maximum Gasteiger partial charge on any atom is 0.372 e. The number of hydrogen-bond acceptors (Lipinski definition) is 4. The van der Waals surface area contributed by atoms with Gasteiger partial charge >= 0.3 is 5.97 Å². The van der Waals surface area contributed by atoms with Crippen LogP contribution in [0, 0.1) is 0 Å². The number of carboxylic acids is 1. The monoisotopic (exact) mass is 275 g/mol. The highest BCUT2D eigenvalue weighted by Gasteiger charge is 2.25. The number of rotatable bonds is 3. The van der Waals surface area contributed by atoms with Crippen LogP contribution >= 0.6 is 0 Å². The van der Waals surface area contributed by atoms with Crippen molar-refractivity contribution in [3.05, 3.63) is 35.6 Å². The molecule has 1 aromatic carbocycles. The van der Waals surface area contributed by atoms with Crippen molar-refractivity contribution in [2.75, 3.05) is 19.8 Å². The highest BCUT2D eigenvalue weighted by atomic mass is 16.5. The van der Waals surface area contributed by atoms with Crippen molar-refractivity contribution in [1.29, 1.82) is 0 Å². The molecule has 20 heavy (non-hydrogen) atoms. The van der Waals surface area contributed by atoms with Gasteiger partial charge in [-0.25, -0.2) is 4.79 Å². The van der Waals surface area contributed by atoms with E-state index in [9.17, 15) is 14.7 Å². The summed E-state index contributed by atoms with van der Waals surface area (Å²) in [5, 5.41) is 9.97. The third-order valence-corrected chi connectivity index (χ3v) is 3.33. The van der Waals surface area contributed by atoms with E-state index in [1.165, 1.54) is 0 Å². The Bertz CT molecular complexity index is 675. The van der Waals surface area contributed by atoms with E-state index in [0.29, 0.717) is 24.3 Å². The molecule has 6 nitrogen and oxygen atoms in total. The number of para-hydroxylation sites is 1. The average molecular weight is 275 g/mol. The van der Waals surface area contributed by atoms with Gasteiger partial charge in [0.05, 0.1) is 13.2 Å². The number of furan rings is 1. The molecule has 1 saturated heterocycles. The Morgan fingerprint density at radius 3 is 2.90 bits per heavy atom. The fourth-order valence-corrected chi connectivity index (χ4v) is 2.34. The Hall–Kier alpha value is -2.34. The second-order valence-corrected chi connectivity index (χ2v) is 4.58. The summed E-state index contributed by atoms with van der Waals surface area (Å²) in [6.45, 7) is 1.18. The number of morpholine rings is 1. The molecule has 104 valence electrons. The quantitative estimate of drug-likeness (QED) is 0.918. The first-order chi connectivity index (χ1) is 9.66. The summed E-state index contributed by atoms with van der Waals surface area (Å²) in [7, 11) is 0. The highest BCUT2D eigenvalue weighted by molar-refractivity contribution is 5.95. The van der Waals surface area contributed by atoms with E-state index in [4.69, 9.17) is 9.15 Å². The van der Waals surface area contributed by atoms with Gasteiger partial charge in [0.25, 0.3) is 0 Å². The molecule has 0 atom stereocenters. The van der Waals surface area contributed by atoms with Gasteiger partial charge in [0, 0.05) is 17.5 Å². The molecule has 0 unspecified atom stereocenters. The number of nitrogens with zero attached hydrogens (tertiary/aromatic N) is 1. The predicted molar refractivity (Wildman–Crippen MR) is 69.4 cm³/mol. The minimum Gasteiger partial charge on any atom is -0.475 e. The summed E-state index contributed by atoms with van der Waals surface area (Å²) in [6.07, 6.45) is 0. The number of carbonyl (C=O) groups excluding carboxylic acids is 1. The number of hydrogen-bond donors (Lipinski definition) is 1. The van der Waals surface area contributed by atoms with E-state index in [1.807, 2.05) is 6.07 Å². The lowest BCUT2D eigenvalue weighted by molar-refractivity contribution is -0.143. The Morgan fingerprint density at radius 2 is 2.15 bits per heavy atom. The van der Waals surface area contributed by atoms with Gasteiger partial charge in [-0.15, -0.1) is 0 Å². The maximum absolute atomic E-state index is 11.8. The van der Waals surface area contributed by atoms with Crippen molar-refractivity contribution in [2.45, 2.75) is 6.54 Å². The summed E-state index contributed by atoms with van der Waals surface area (Å²) in [4.78, 5) is 24.6. The zero-order chi connectivity index (χ0) is 14.1. The minimum atomic E-state index is -1.13. The molecule has 0 radical (unpaired) electrons. The van der Waals surface area contributed by atoms with Crippen LogP contribution in [0.5, 0.6) is 0 Å². The van der Waals surface area contributed by atoms with Crippen molar-refractivity contribution in [1.82, 2.24) is 4.90 Å². The van der Waals surface area contributed by atoms with Gasteiger partial charge in [0.15, 0.2) is 0 Å². The van der Waals surface area contributed by atoms with Crippen LogP contribution in [0.4, 0.5) is 0 Å². The molecule has 1 fully saturated rings. The lowest BCUT2D eigenvalue weighted by Crippen LogP contribution is -2.41. The Labute approximate surface area is 114 Å². The summed E-state index contributed by atoms with van der Waals surface area (Å²) >= 11 is 0. The first-order valence-corrected chi connectivity index (χ1v) is 6.26. The fraction of sp³-hybridized carbons (Fsp3) is 0.286. The number of carbonyl (C=O) groups is 2. The molecule has 1 amide bonds. The Balaban J connectivity index is 2.02. The molecule has 1 aliphatic heterocycles. The van der Waals surface area contributed by atoms with Crippen LogP contribution in [0.25, 0.3) is 11.0 Å². The Morgan fingerprint density at radius 1 is 1.35 bits per heavy atom. The second kappa shape index (κ2) is 4.97. The van der Waals surface area contributed by atoms with E-state index in [2.05, 4.69) is 0 Å². The summed E-state index contributed by atoms with van der Waals surface area (Å²) in [5.41, 5.74) is 1.05. The fourth-order valence-electron chi connectivity index (χ4n) is 2.34. The molecule has 2 heterocycles. The molecule has 1 aliphatic rings. The summed E-state index contributed by atoms with van der Waals surface area (Å²) in [5.74, 6) is -1.37. The van der Waals surface area contributed by atoms with Crippen molar-refractivity contribution in [3.8, 4) is 0 Å². The van der Waals surface area contributed by atoms with E-state index in [-0.39, 0.29) is 24.8 Å². The molecule has 0 saturated carbocycles. The second-order valence-electron chi connectivity index (χ2n) is 4.58. The van der Waals surface area contributed by atoms with Crippen LogP contribution in [0.1, 0.15) is 16.1 Å². The number of aromatic carboxylic acids is 1. The van der Waals surface area contributed by atoms with Crippen LogP contribution in [0.15, 0.2) is 28.7 Å². The van der Waals surface area contributed by atoms with Crippen LogP contribution in [0.2, 0.25) is 0 Å². The molecule has 1 N–H and O–H groups in total. The molecule has 0 aliphatic carbocycles. The predicted octanol–water partition coefficient (Wildman–Crippen LogP) is 1.49. The number of ether oxygens (including phenoxy) is 1. The van der Waals surface area contributed by atoms with Gasteiger partial charge in [-0.3, -0.25) is 4.79 Å². The van der Waals surface area contributed by atoms with E-state index >= 15 is 0 Å². The first-order valence-electron chi connectivity index (χ1n) is 6.26. The number of carboxylic acid groups (broad SMARTS) is 1. The van der Waals surface area contributed by atoms with Gasteiger partial charge in [0.2, 0.25) is 11.7 Å². The van der Waals surface area contributed by atoms with Crippen molar-refractivity contribution < 1.29 is 23.8 Å². The smallest absolute Gasteiger partial charge is 0.372 e. The molecular formula is C14H13NO5. The van der Waals surface area contributed by atoms with Gasteiger partial charge in [-0.1, -0.05) is 18.2 Å². The lowest BCUT2D eigenvalue weighted by Gasteiger charge is -2.26. The molecular weight excluding hydrogens is 262 g/mol.